The van der Waals surface area contributed by atoms with Crippen molar-refractivity contribution in [1.82, 2.24) is 0 Å². The summed E-state index contributed by atoms with van der Waals surface area (Å²) in [5.74, 6) is -0.882. The van der Waals surface area contributed by atoms with Crippen LogP contribution in [0, 0.1) is 10.1 Å². The van der Waals surface area contributed by atoms with Gasteiger partial charge in [0.15, 0.2) is 5.75 Å². The molecule has 0 radical (unpaired) electrons. The first-order valence-corrected chi connectivity index (χ1v) is 6.44. The molecule has 0 saturated carbocycles. The Balaban J connectivity index is 3.24. The molecule has 0 heterocycles. The molecule has 104 valence electrons. The van der Waals surface area contributed by atoms with Crippen molar-refractivity contribution < 1.29 is 19.6 Å². The number of benzene rings is 1. The summed E-state index contributed by atoms with van der Waals surface area (Å²) in [6.45, 7) is 5.02. The minimum Gasteiger partial charge on any atom is -0.487 e. The molecule has 19 heavy (non-hydrogen) atoms. The number of thioether (sulfide) groups is 1. The van der Waals surface area contributed by atoms with E-state index < -0.39 is 15.6 Å². The molecule has 0 aliphatic heterocycles. The highest BCUT2D eigenvalue weighted by atomic mass is 32.2. The Morgan fingerprint density at radius 2 is 2.16 bits per heavy atom. The smallest absolute Gasteiger partial charge is 0.324 e. The summed E-state index contributed by atoms with van der Waals surface area (Å²) in [6, 6.07) is 4.63. The largest absolute Gasteiger partial charge is 0.487 e. The zero-order chi connectivity index (χ0) is 14.6. The van der Waals surface area contributed by atoms with Gasteiger partial charge in [0.2, 0.25) is 0 Å². The van der Waals surface area contributed by atoms with Crippen LogP contribution in [0.4, 0.5) is 5.69 Å². The van der Waals surface area contributed by atoms with Crippen LogP contribution in [0.3, 0.4) is 0 Å². The number of ether oxygens (including phenoxy) is 1. The SMILES string of the molecule is CCOc1cccc(SC(C)(C)C(=O)O)c1[N+](=O)[O-]. The van der Waals surface area contributed by atoms with Crippen LogP contribution in [0.15, 0.2) is 23.1 Å². The Hall–Kier alpha value is -1.76. The van der Waals surface area contributed by atoms with Gasteiger partial charge in [-0.15, -0.1) is 11.8 Å². The molecule has 0 aliphatic carbocycles. The highest BCUT2D eigenvalue weighted by Crippen LogP contribution is 2.42. The van der Waals surface area contributed by atoms with E-state index >= 15 is 0 Å². The van der Waals surface area contributed by atoms with Gasteiger partial charge in [-0.2, -0.15) is 0 Å². The van der Waals surface area contributed by atoms with Gasteiger partial charge in [-0.3, -0.25) is 14.9 Å². The molecule has 0 saturated heterocycles. The lowest BCUT2D eigenvalue weighted by molar-refractivity contribution is -0.388. The average molecular weight is 285 g/mol. The van der Waals surface area contributed by atoms with Crippen LogP contribution in [0.25, 0.3) is 0 Å². The third-order valence-corrected chi connectivity index (χ3v) is 3.56. The van der Waals surface area contributed by atoms with Crippen LogP contribution < -0.4 is 4.74 Å². The molecule has 0 atom stereocenters. The van der Waals surface area contributed by atoms with Crippen molar-refractivity contribution in [1.29, 1.82) is 0 Å². The number of hydrogen-bond donors (Lipinski definition) is 1. The predicted molar refractivity (Wildman–Crippen MR) is 71.8 cm³/mol. The van der Waals surface area contributed by atoms with E-state index in [1.807, 2.05) is 0 Å². The van der Waals surface area contributed by atoms with Crippen molar-refractivity contribution >= 4 is 23.4 Å². The zero-order valence-corrected chi connectivity index (χ0v) is 11.7. The molecule has 0 aromatic heterocycles. The van der Waals surface area contributed by atoms with E-state index in [-0.39, 0.29) is 16.3 Å². The van der Waals surface area contributed by atoms with Gasteiger partial charge in [0.1, 0.15) is 4.75 Å². The van der Waals surface area contributed by atoms with E-state index in [2.05, 4.69) is 0 Å². The topological polar surface area (TPSA) is 89.7 Å². The van der Waals surface area contributed by atoms with E-state index in [0.29, 0.717) is 6.61 Å². The van der Waals surface area contributed by atoms with Crippen LogP contribution >= 0.6 is 11.8 Å². The Morgan fingerprint density at radius 3 is 2.63 bits per heavy atom. The number of carboxylic acid groups (broad SMARTS) is 1. The van der Waals surface area contributed by atoms with Crippen molar-refractivity contribution in [2.75, 3.05) is 6.61 Å². The van der Waals surface area contributed by atoms with Crippen molar-refractivity contribution in [2.24, 2.45) is 0 Å². The van der Waals surface area contributed by atoms with E-state index in [0.717, 1.165) is 11.8 Å². The Bertz CT molecular complexity index is 501. The van der Waals surface area contributed by atoms with Gasteiger partial charge in [0.25, 0.3) is 0 Å². The Morgan fingerprint density at radius 1 is 1.53 bits per heavy atom. The van der Waals surface area contributed by atoms with E-state index in [1.165, 1.54) is 26.0 Å². The number of para-hydroxylation sites is 1. The van der Waals surface area contributed by atoms with Crippen LogP contribution in [0.2, 0.25) is 0 Å². The van der Waals surface area contributed by atoms with Crippen LogP contribution in [0.5, 0.6) is 5.75 Å². The predicted octanol–water partition coefficient (Wildman–Crippen LogP) is 2.95. The number of carboxylic acids is 1. The minimum atomic E-state index is -1.16. The molecule has 0 fully saturated rings. The summed E-state index contributed by atoms with van der Waals surface area (Å²) < 4.78 is 4.05. The molecule has 1 aromatic rings. The fourth-order valence-electron chi connectivity index (χ4n) is 1.36. The lowest BCUT2D eigenvalue weighted by atomic mass is 10.2. The summed E-state index contributed by atoms with van der Waals surface area (Å²) in [5, 5.41) is 20.2. The number of nitro benzene ring substituents is 1. The molecule has 1 rings (SSSR count). The number of hydrogen-bond acceptors (Lipinski definition) is 5. The van der Waals surface area contributed by atoms with Gasteiger partial charge in [-0.05, 0) is 32.9 Å². The summed E-state index contributed by atoms with van der Waals surface area (Å²) in [7, 11) is 0. The lowest BCUT2D eigenvalue weighted by Crippen LogP contribution is -2.27. The van der Waals surface area contributed by atoms with Gasteiger partial charge >= 0.3 is 11.7 Å². The van der Waals surface area contributed by atoms with Gasteiger partial charge in [-0.25, -0.2) is 0 Å². The van der Waals surface area contributed by atoms with Gasteiger partial charge < -0.3 is 9.84 Å². The highest BCUT2D eigenvalue weighted by Gasteiger charge is 2.33. The van der Waals surface area contributed by atoms with E-state index in [4.69, 9.17) is 9.84 Å². The van der Waals surface area contributed by atoms with E-state index in [9.17, 15) is 14.9 Å². The molecule has 1 aromatic carbocycles. The first-order valence-electron chi connectivity index (χ1n) is 5.62. The second-order valence-electron chi connectivity index (χ2n) is 4.21. The molecule has 0 amide bonds. The molecule has 7 heteroatoms. The first kappa shape index (κ1) is 15.3. The molecule has 0 unspecified atom stereocenters. The minimum absolute atomic E-state index is 0.152. The number of aliphatic carboxylic acids is 1. The first-order chi connectivity index (χ1) is 8.79. The fraction of sp³-hybridized carbons (Fsp3) is 0.417. The second kappa shape index (κ2) is 5.92. The van der Waals surface area contributed by atoms with Gasteiger partial charge in [0.05, 0.1) is 16.4 Å². The van der Waals surface area contributed by atoms with Crippen LogP contribution in [-0.4, -0.2) is 27.4 Å². The third kappa shape index (κ3) is 3.60. The third-order valence-electron chi connectivity index (χ3n) is 2.32. The zero-order valence-electron chi connectivity index (χ0n) is 10.9. The Labute approximate surface area is 114 Å². The van der Waals surface area contributed by atoms with Crippen molar-refractivity contribution in [2.45, 2.75) is 30.4 Å². The lowest BCUT2D eigenvalue weighted by Gasteiger charge is -2.18. The van der Waals surface area contributed by atoms with Crippen LogP contribution in [-0.2, 0) is 4.79 Å². The number of carbonyl (C=O) groups is 1. The number of rotatable bonds is 6. The quantitative estimate of drug-likeness (QED) is 0.491. The molecule has 0 spiro atoms. The molecule has 6 nitrogen and oxygen atoms in total. The number of nitrogens with zero attached hydrogens (tertiary/aromatic N) is 1. The van der Waals surface area contributed by atoms with Crippen molar-refractivity contribution in [3.63, 3.8) is 0 Å². The summed E-state index contributed by atoms with van der Waals surface area (Å²) in [6.07, 6.45) is 0. The maximum absolute atomic E-state index is 11.1. The van der Waals surface area contributed by atoms with Crippen LogP contribution in [0.1, 0.15) is 20.8 Å². The fourth-order valence-corrected chi connectivity index (χ4v) is 2.41. The van der Waals surface area contributed by atoms with Gasteiger partial charge in [-0.1, -0.05) is 6.07 Å². The van der Waals surface area contributed by atoms with Gasteiger partial charge in [0, 0.05) is 0 Å². The average Bonchev–Trinajstić information content (AvgIpc) is 2.28. The monoisotopic (exact) mass is 285 g/mol. The molecule has 0 bridgehead atoms. The standard InChI is InChI=1S/C12H15NO5S/c1-4-18-8-6-5-7-9(10(8)13(16)17)19-12(2,3)11(14)15/h5-7H,4H2,1-3H3,(H,14,15). The summed E-state index contributed by atoms with van der Waals surface area (Å²) >= 11 is 0.928. The van der Waals surface area contributed by atoms with Crippen molar-refractivity contribution in [3.05, 3.63) is 28.3 Å². The molecular weight excluding hydrogens is 270 g/mol. The maximum Gasteiger partial charge on any atom is 0.324 e. The second-order valence-corrected chi connectivity index (χ2v) is 5.88. The summed E-state index contributed by atoms with van der Waals surface area (Å²) in [5.41, 5.74) is -0.191. The molecule has 1 N–H and O–H groups in total. The van der Waals surface area contributed by atoms with E-state index in [1.54, 1.807) is 13.0 Å². The normalized spacial score (nSPS) is 11.1. The number of nitro groups is 1. The van der Waals surface area contributed by atoms with Crippen molar-refractivity contribution in [3.8, 4) is 5.75 Å². The highest BCUT2D eigenvalue weighted by molar-refractivity contribution is 8.01. The Kier molecular flexibility index (Phi) is 4.77. The molecule has 0 aliphatic rings. The summed E-state index contributed by atoms with van der Waals surface area (Å²) in [4.78, 5) is 22.0. The molecular formula is C12H15NO5S. The maximum atomic E-state index is 11.1.